The number of thiazole rings is 1. The monoisotopic (exact) mass is 323 g/mol. The molecule has 0 bridgehead atoms. The molecule has 6 nitrogen and oxygen atoms in total. The first-order valence-electron chi connectivity index (χ1n) is 6.03. The SMILES string of the molecule is Cc1cc([N+](=O)[O-])ccc1Oc1nc2sccn2c1CCl. The lowest BCUT2D eigenvalue weighted by Crippen LogP contribution is -1.94. The normalized spacial score (nSPS) is 11.0. The zero-order valence-electron chi connectivity index (χ0n) is 10.9. The van der Waals surface area contributed by atoms with Crippen LogP contribution in [-0.4, -0.2) is 14.3 Å². The van der Waals surface area contributed by atoms with E-state index in [4.69, 9.17) is 16.3 Å². The van der Waals surface area contributed by atoms with Crippen LogP contribution in [0.5, 0.6) is 11.6 Å². The Kier molecular flexibility index (Phi) is 3.52. The van der Waals surface area contributed by atoms with E-state index < -0.39 is 4.92 Å². The van der Waals surface area contributed by atoms with Gasteiger partial charge >= 0.3 is 0 Å². The molecule has 0 spiro atoms. The van der Waals surface area contributed by atoms with Crippen molar-refractivity contribution >= 4 is 33.6 Å². The summed E-state index contributed by atoms with van der Waals surface area (Å²) in [7, 11) is 0. The van der Waals surface area contributed by atoms with Gasteiger partial charge in [-0.15, -0.1) is 22.9 Å². The number of nitrogens with zero attached hydrogens (tertiary/aromatic N) is 3. The fourth-order valence-electron chi connectivity index (χ4n) is 1.98. The maximum absolute atomic E-state index is 10.7. The summed E-state index contributed by atoms with van der Waals surface area (Å²) in [4.78, 5) is 15.5. The summed E-state index contributed by atoms with van der Waals surface area (Å²) in [6.07, 6.45) is 1.88. The highest BCUT2D eigenvalue weighted by Gasteiger charge is 2.16. The maximum atomic E-state index is 10.7. The summed E-state index contributed by atoms with van der Waals surface area (Å²) in [6.45, 7) is 1.75. The Morgan fingerprint density at radius 1 is 1.52 bits per heavy atom. The summed E-state index contributed by atoms with van der Waals surface area (Å²) >= 11 is 7.44. The van der Waals surface area contributed by atoms with Crippen molar-refractivity contribution < 1.29 is 9.66 Å². The molecule has 0 saturated heterocycles. The van der Waals surface area contributed by atoms with Crippen LogP contribution in [0.2, 0.25) is 0 Å². The third-order valence-electron chi connectivity index (χ3n) is 3.03. The second-order valence-corrected chi connectivity index (χ2v) is 5.50. The van der Waals surface area contributed by atoms with Gasteiger partial charge in [0.2, 0.25) is 5.88 Å². The Morgan fingerprint density at radius 3 is 3.00 bits per heavy atom. The Bertz CT molecular complexity index is 827. The highest BCUT2D eigenvalue weighted by atomic mass is 35.5. The molecule has 0 unspecified atom stereocenters. The van der Waals surface area contributed by atoms with Gasteiger partial charge in [-0.2, -0.15) is 4.98 Å². The van der Waals surface area contributed by atoms with E-state index in [0.717, 1.165) is 10.7 Å². The van der Waals surface area contributed by atoms with Crippen LogP contribution in [0, 0.1) is 17.0 Å². The number of halogens is 1. The molecule has 0 fully saturated rings. The number of hydrogen-bond acceptors (Lipinski definition) is 5. The number of nitro groups is 1. The van der Waals surface area contributed by atoms with E-state index in [-0.39, 0.29) is 11.6 Å². The van der Waals surface area contributed by atoms with Gasteiger partial charge in [-0.05, 0) is 18.6 Å². The van der Waals surface area contributed by atoms with Gasteiger partial charge in [-0.25, -0.2) is 0 Å². The first-order chi connectivity index (χ1) is 10.1. The second kappa shape index (κ2) is 5.34. The summed E-state index contributed by atoms with van der Waals surface area (Å²) < 4.78 is 7.65. The van der Waals surface area contributed by atoms with Gasteiger partial charge in [0.1, 0.15) is 11.4 Å². The van der Waals surface area contributed by atoms with Crippen molar-refractivity contribution in [3.05, 3.63) is 51.1 Å². The van der Waals surface area contributed by atoms with E-state index in [2.05, 4.69) is 4.98 Å². The molecule has 3 aromatic rings. The number of ether oxygens (including phenoxy) is 1. The molecule has 0 N–H and O–H groups in total. The van der Waals surface area contributed by atoms with Gasteiger partial charge in [0.15, 0.2) is 4.96 Å². The summed E-state index contributed by atoms with van der Waals surface area (Å²) in [6, 6.07) is 4.44. The van der Waals surface area contributed by atoms with Gasteiger partial charge < -0.3 is 4.74 Å². The number of non-ortho nitro benzene ring substituents is 1. The molecule has 8 heteroatoms. The molecule has 0 atom stereocenters. The minimum absolute atomic E-state index is 0.0308. The van der Waals surface area contributed by atoms with E-state index >= 15 is 0 Å². The molecule has 108 valence electrons. The van der Waals surface area contributed by atoms with Crippen LogP contribution < -0.4 is 4.74 Å². The Labute approximate surface area is 128 Å². The lowest BCUT2D eigenvalue weighted by atomic mass is 10.2. The zero-order valence-corrected chi connectivity index (χ0v) is 12.5. The minimum atomic E-state index is -0.437. The van der Waals surface area contributed by atoms with Gasteiger partial charge in [0.25, 0.3) is 5.69 Å². The Morgan fingerprint density at radius 2 is 2.33 bits per heavy atom. The zero-order chi connectivity index (χ0) is 15.0. The number of nitro benzene ring substituents is 1. The molecule has 3 rings (SSSR count). The highest BCUT2D eigenvalue weighted by Crippen LogP contribution is 2.32. The largest absolute Gasteiger partial charge is 0.437 e. The van der Waals surface area contributed by atoms with E-state index in [9.17, 15) is 10.1 Å². The van der Waals surface area contributed by atoms with Crippen molar-refractivity contribution in [2.75, 3.05) is 0 Å². The van der Waals surface area contributed by atoms with Crippen LogP contribution in [0.25, 0.3) is 4.96 Å². The van der Waals surface area contributed by atoms with Crippen molar-refractivity contribution in [3.8, 4) is 11.6 Å². The van der Waals surface area contributed by atoms with E-state index in [0.29, 0.717) is 17.2 Å². The van der Waals surface area contributed by atoms with Gasteiger partial charge in [-0.3, -0.25) is 14.5 Å². The van der Waals surface area contributed by atoms with Crippen LogP contribution in [0.15, 0.2) is 29.8 Å². The number of rotatable bonds is 4. The topological polar surface area (TPSA) is 69.7 Å². The molecule has 0 radical (unpaired) electrons. The smallest absolute Gasteiger partial charge is 0.269 e. The Balaban J connectivity index is 1.98. The number of aromatic nitrogens is 2. The Hall–Kier alpha value is -2.12. The predicted octanol–water partition coefficient (Wildman–Crippen LogP) is 4.14. The van der Waals surface area contributed by atoms with Crippen molar-refractivity contribution in [2.45, 2.75) is 12.8 Å². The average Bonchev–Trinajstić information content (AvgIpc) is 3.00. The molecule has 0 aliphatic rings. The summed E-state index contributed by atoms with van der Waals surface area (Å²) in [5.41, 5.74) is 1.45. The standard InChI is InChI=1S/C13H10ClN3O3S/c1-8-6-9(17(18)19)2-3-11(8)20-12-10(7-14)16-4-5-21-13(16)15-12/h2-6H,7H2,1H3. The van der Waals surface area contributed by atoms with Crippen molar-refractivity contribution in [1.82, 2.24) is 9.38 Å². The number of imidazole rings is 1. The van der Waals surface area contributed by atoms with Crippen molar-refractivity contribution in [1.29, 1.82) is 0 Å². The number of alkyl halides is 1. The summed E-state index contributed by atoms with van der Waals surface area (Å²) in [5.74, 6) is 1.21. The van der Waals surface area contributed by atoms with Gasteiger partial charge in [-0.1, -0.05) is 0 Å². The average molecular weight is 324 g/mol. The van der Waals surface area contributed by atoms with E-state index in [1.165, 1.54) is 23.5 Å². The van der Waals surface area contributed by atoms with Crippen LogP contribution in [0.1, 0.15) is 11.3 Å². The molecule has 0 saturated carbocycles. The molecular weight excluding hydrogens is 314 g/mol. The second-order valence-electron chi connectivity index (χ2n) is 4.36. The maximum Gasteiger partial charge on any atom is 0.269 e. The first kappa shape index (κ1) is 13.8. The first-order valence-corrected chi connectivity index (χ1v) is 7.45. The van der Waals surface area contributed by atoms with Crippen LogP contribution >= 0.6 is 22.9 Å². The van der Waals surface area contributed by atoms with Crippen LogP contribution in [0.3, 0.4) is 0 Å². The molecule has 0 aliphatic carbocycles. The predicted molar refractivity (Wildman–Crippen MR) is 80.5 cm³/mol. The summed E-state index contributed by atoms with van der Waals surface area (Å²) in [5, 5.41) is 12.7. The van der Waals surface area contributed by atoms with Crippen LogP contribution in [0.4, 0.5) is 5.69 Å². The fraction of sp³-hybridized carbons (Fsp3) is 0.154. The third kappa shape index (κ3) is 2.45. The molecule has 0 amide bonds. The quantitative estimate of drug-likeness (QED) is 0.411. The van der Waals surface area contributed by atoms with Crippen molar-refractivity contribution in [3.63, 3.8) is 0 Å². The van der Waals surface area contributed by atoms with Gasteiger partial charge in [0, 0.05) is 23.7 Å². The van der Waals surface area contributed by atoms with E-state index in [1.807, 2.05) is 16.0 Å². The number of benzene rings is 1. The number of aryl methyl sites for hydroxylation is 1. The van der Waals surface area contributed by atoms with Crippen LogP contribution in [-0.2, 0) is 5.88 Å². The minimum Gasteiger partial charge on any atom is -0.437 e. The lowest BCUT2D eigenvalue weighted by Gasteiger charge is -2.07. The number of hydrogen-bond donors (Lipinski definition) is 0. The molecule has 1 aromatic carbocycles. The molecular formula is C13H10ClN3O3S. The molecule has 2 heterocycles. The molecule has 0 aliphatic heterocycles. The van der Waals surface area contributed by atoms with Gasteiger partial charge in [0.05, 0.1) is 10.8 Å². The third-order valence-corrected chi connectivity index (χ3v) is 4.04. The fourth-order valence-corrected chi connectivity index (χ4v) is 2.95. The lowest BCUT2D eigenvalue weighted by molar-refractivity contribution is -0.384. The molecule has 21 heavy (non-hydrogen) atoms. The highest BCUT2D eigenvalue weighted by molar-refractivity contribution is 7.15. The van der Waals surface area contributed by atoms with Crippen molar-refractivity contribution in [2.24, 2.45) is 0 Å². The van der Waals surface area contributed by atoms with E-state index in [1.54, 1.807) is 13.0 Å². The number of fused-ring (bicyclic) bond motifs is 1. The molecule has 2 aromatic heterocycles.